The predicted molar refractivity (Wildman–Crippen MR) is 161 cm³/mol. The van der Waals surface area contributed by atoms with Crippen LogP contribution < -0.4 is 16.4 Å². The summed E-state index contributed by atoms with van der Waals surface area (Å²) in [4.78, 5) is 29.7. The van der Waals surface area contributed by atoms with Gasteiger partial charge in [-0.1, -0.05) is 67.3 Å². The highest BCUT2D eigenvalue weighted by Gasteiger charge is 2.43. The number of likely N-dealkylation sites (tertiary alicyclic amines) is 1. The summed E-state index contributed by atoms with van der Waals surface area (Å²) in [5.74, 6) is 0.255. The molecule has 40 heavy (non-hydrogen) atoms. The van der Waals surface area contributed by atoms with E-state index in [0.29, 0.717) is 17.9 Å². The number of hydrogen-bond donors (Lipinski definition) is 3. The summed E-state index contributed by atoms with van der Waals surface area (Å²) in [5, 5.41) is 7.29. The Balaban J connectivity index is 1.30. The van der Waals surface area contributed by atoms with Crippen LogP contribution in [0.2, 0.25) is 5.02 Å². The zero-order valence-corrected chi connectivity index (χ0v) is 24.6. The summed E-state index contributed by atoms with van der Waals surface area (Å²) >= 11 is 6.13. The Morgan fingerprint density at radius 3 is 2.42 bits per heavy atom. The Kier molecular flexibility index (Phi) is 9.49. The zero-order valence-electron chi connectivity index (χ0n) is 23.8. The Hall–Kier alpha value is -2.41. The molecule has 2 aromatic rings. The van der Waals surface area contributed by atoms with Crippen molar-refractivity contribution in [3.63, 3.8) is 0 Å². The highest BCUT2D eigenvalue weighted by atomic mass is 35.5. The number of nitrogens with one attached hydrogen (secondary N) is 2. The third-order valence-electron chi connectivity index (χ3n) is 9.95. The minimum absolute atomic E-state index is 0.00906. The zero-order chi connectivity index (χ0) is 28.1. The summed E-state index contributed by atoms with van der Waals surface area (Å²) in [7, 11) is 2.05. The van der Waals surface area contributed by atoms with Gasteiger partial charge in [0.25, 0.3) is 0 Å². The van der Waals surface area contributed by atoms with Crippen molar-refractivity contribution in [2.24, 2.45) is 23.0 Å². The van der Waals surface area contributed by atoms with E-state index in [9.17, 15) is 9.59 Å². The third-order valence-corrected chi connectivity index (χ3v) is 10.2. The molecule has 1 saturated heterocycles. The normalized spacial score (nSPS) is 23.7. The van der Waals surface area contributed by atoms with Gasteiger partial charge in [-0.25, -0.2) is 0 Å². The van der Waals surface area contributed by atoms with E-state index >= 15 is 0 Å². The van der Waals surface area contributed by atoms with Crippen LogP contribution in [0.15, 0.2) is 48.5 Å². The van der Waals surface area contributed by atoms with E-state index in [1.807, 2.05) is 54.4 Å². The van der Waals surface area contributed by atoms with Gasteiger partial charge in [-0.15, -0.1) is 0 Å². The highest BCUT2D eigenvalue weighted by molar-refractivity contribution is 6.30. The number of hydrogen-bond acceptors (Lipinski definition) is 4. The van der Waals surface area contributed by atoms with Crippen LogP contribution >= 0.6 is 11.6 Å². The Morgan fingerprint density at radius 2 is 1.73 bits per heavy atom. The number of carbonyl (C=O) groups is 2. The summed E-state index contributed by atoms with van der Waals surface area (Å²) in [5.41, 5.74) is 10.1. The third kappa shape index (κ3) is 6.40. The van der Waals surface area contributed by atoms with Gasteiger partial charge < -0.3 is 21.3 Å². The quantitative estimate of drug-likeness (QED) is 0.419. The lowest BCUT2D eigenvalue weighted by atomic mass is 9.63. The molecule has 2 amide bonds. The van der Waals surface area contributed by atoms with Gasteiger partial charge in [0.15, 0.2) is 0 Å². The van der Waals surface area contributed by atoms with Crippen molar-refractivity contribution >= 4 is 23.4 Å². The molecule has 2 aromatic carbocycles. The van der Waals surface area contributed by atoms with Gasteiger partial charge in [-0.05, 0) is 85.7 Å². The first kappa shape index (κ1) is 29.1. The van der Waals surface area contributed by atoms with Gasteiger partial charge in [0.05, 0.1) is 5.92 Å². The first-order valence-corrected chi connectivity index (χ1v) is 15.6. The first-order valence-electron chi connectivity index (χ1n) is 15.2. The monoisotopic (exact) mass is 564 g/mol. The molecule has 1 heterocycles. The Labute approximate surface area is 244 Å². The van der Waals surface area contributed by atoms with E-state index < -0.39 is 6.04 Å². The van der Waals surface area contributed by atoms with Crippen LogP contribution in [-0.4, -0.2) is 49.4 Å². The number of halogens is 1. The molecule has 0 radical (unpaired) electrons. The molecular weight excluding hydrogens is 520 g/mol. The lowest BCUT2D eigenvalue weighted by molar-refractivity contribution is -0.140. The van der Waals surface area contributed by atoms with Crippen molar-refractivity contribution < 1.29 is 9.59 Å². The fraction of sp³-hybridized carbons (Fsp3) is 0.576. The summed E-state index contributed by atoms with van der Waals surface area (Å²) < 4.78 is 0. The predicted octanol–water partition coefficient (Wildman–Crippen LogP) is 5.04. The van der Waals surface area contributed by atoms with Gasteiger partial charge in [0.2, 0.25) is 11.8 Å². The number of piperidine rings is 1. The molecule has 4 N–H and O–H groups in total. The second kappa shape index (κ2) is 13.1. The average molecular weight is 565 g/mol. The SMILES string of the molecule is CNCC1(C2CCCCC2)CCN(C(=O)[C@@H](Cc2ccc(Cl)cc2)NC(=O)C2CCc3ccccc3C2N)CC1. The molecule has 0 bridgehead atoms. The number of carbonyl (C=O) groups excluding carboxylic acids is 2. The molecule has 0 spiro atoms. The van der Waals surface area contributed by atoms with Gasteiger partial charge in [0.1, 0.15) is 6.04 Å². The smallest absolute Gasteiger partial charge is 0.245 e. The second-order valence-corrected chi connectivity index (χ2v) is 12.8. The molecule has 1 saturated carbocycles. The lowest BCUT2D eigenvalue weighted by Gasteiger charge is -2.48. The van der Waals surface area contributed by atoms with E-state index in [1.54, 1.807) is 0 Å². The molecule has 3 atom stereocenters. The average Bonchev–Trinajstić information content (AvgIpc) is 2.99. The largest absolute Gasteiger partial charge is 0.344 e. The van der Waals surface area contributed by atoms with Gasteiger partial charge in [-0.2, -0.15) is 0 Å². The molecule has 5 rings (SSSR count). The standard InChI is InChI=1S/C33H45ClN4O2/c1-36-22-33(25-8-3-2-4-9-25)17-19-38(20-18-33)32(40)29(21-23-11-14-26(34)15-12-23)37-31(39)28-16-13-24-7-5-6-10-27(24)30(28)35/h5-7,10-12,14-15,25,28-30,36H,2-4,8-9,13,16-22,35H2,1H3,(H,37,39)/t28?,29-,30?/m1/s1. The van der Waals surface area contributed by atoms with E-state index in [0.717, 1.165) is 55.9 Å². The topological polar surface area (TPSA) is 87.5 Å². The van der Waals surface area contributed by atoms with Crippen LogP contribution in [-0.2, 0) is 22.4 Å². The highest BCUT2D eigenvalue weighted by Crippen LogP contribution is 2.45. The molecule has 1 aliphatic heterocycles. The van der Waals surface area contributed by atoms with Gasteiger partial charge in [0, 0.05) is 37.1 Å². The molecule has 2 unspecified atom stereocenters. The molecule has 216 valence electrons. The molecule has 2 fully saturated rings. The molecule has 3 aliphatic rings. The molecule has 6 nitrogen and oxygen atoms in total. The second-order valence-electron chi connectivity index (χ2n) is 12.3. The Bertz CT molecular complexity index is 1160. The van der Waals surface area contributed by atoms with Crippen molar-refractivity contribution in [2.75, 3.05) is 26.7 Å². The van der Waals surface area contributed by atoms with Crippen LogP contribution in [0.1, 0.15) is 74.1 Å². The minimum atomic E-state index is -0.635. The fourth-order valence-electron chi connectivity index (χ4n) is 7.61. The van der Waals surface area contributed by atoms with Crippen molar-refractivity contribution in [1.82, 2.24) is 15.5 Å². The fourth-order valence-corrected chi connectivity index (χ4v) is 7.74. The number of fused-ring (bicyclic) bond motifs is 1. The first-order chi connectivity index (χ1) is 19.4. The number of nitrogens with zero attached hydrogens (tertiary/aromatic N) is 1. The van der Waals surface area contributed by atoms with E-state index in [1.165, 1.54) is 37.7 Å². The maximum Gasteiger partial charge on any atom is 0.245 e. The number of aryl methyl sites for hydroxylation is 1. The number of benzene rings is 2. The van der Waals surface area contributed by atoms with Crippen LogP contribution in [0.4, 0.5) is 0 Å². The lowest BCUT2D eigenvalue weighted by Crippen LogP contribution is -2.56. The maximum absolute atomic E-state index is 14.1. The van der Waals surface area contributed by atoms with Crippen LogP contribution in [0, 0.1) is 17.3 Å². The molecule has 2 aliphatic carbocycles. The summed E-state index contributed by atoms with van der Waals surface area (Å²) in [6.45, 7) is 2.48. The van der Waals surface area contributed by atoms with E-state index in [2.05, 4.69) is 16.7 Å². The molecule has 0 aromatic heterocycles. The summed E-state index contributed by atoms with van der Waals surface area (Å²) in [6.07, 6.45) is 10.5. The van der Waals surface area contributed by atoms with E-state index in [4.69, 9.17) is 17.3 Å². The number of rotatable bonds is 8. The van der Waals surface area contributed by atoms with Crippen molar-refractivity contribution in [2.45, 2.75) is 76.3 Å². The minimum Gasteiger partial charge on any atom is -0.344 e. The van der Waals surface area contributed by atoms with Crippen molar-refractivity contribution in [1.29, 1.82) is 0 Å². The number of nitrogens with two attached hydrogens (primary N) is 1. The molecule has 7 heteroatoms. The Morgan fingerprint density at radius 1 is 1.02 bits per heavy atom. The van der Waals surface area contributed by atoms with Crippen LogP contribution in [0.5, 0.6) is 0 Å². The maximum atomic E-state index is 14.1. The molecular formula is C33H45ClN4O2. The van der Waals surface area contributed by atoms with E-state index in [-0.39, 0.29) is 29.2 Å². The van der Waals surface area contributed by atoms with Crippen molar-refractivity contribution in [3.05, 3.63) is 70.2 Å². The van der Waals surface area contributed by atoms with Gasteiger partial charge in [-0.3, -0.25) is 9.59 Å². The van der Waals surface area contributed by atoms with Crippen LogP contribution in [0.3, 0.4) is 0 Å². The number of amides is 2. The van der Waals surface area contributed by atoms with Gasteiger partial charge >= 0.3 is 0 Å². The van der Waals surface area contributed by atoms with Crippen molar-refractivity contribution in [3.8, 4) is 0 Å². The van der Waals surface area contributed by atoms with Crippen LogP contribution in [0.25, 0.3) is 0 Å². The summed E-state index contributed by atoms with van der Waals surface area (Å²) in [6, 6.07) is 14.7.